The highest BCUT2D eigenvalue weighted by molar-refractivity contribution is 5.94. The molecule has 0 saturated carbocycles. The number of nitrogens with zero attached hydrogens (tertiary/aromatic N) is 4. The number of anilines is 2. The van der Waals surface area contributed by atoms with E-state index in [1.807, 2.05) is 6.92 Å². The number of esters is 1. The fourth-order valence-corrected chi connectivity index (χ4v) is 3.11. The van der Waals surface area contributed by atoms with E-state index in [0.717, 1.165) is 38.9 Å². The molecule has 0 N–H and O–H groups in total. The van der Waals surface area contributed by atoms with Gasteiger partial charge in [-0.3, -0.25) is 14.5 Å². The Morgan fingerprint density at radius 1 is 1.35 bits per heavy atom. The smallest absolute Gasteiger partial charge is 0.309 e. The second-order valence-corrected chi connectivity index (χ2v) is 5.88. The molecule has 2 fully saturated rings. The van der Waals surface area contributed by atoms with E-state index >= 15 is 0 Å². The minimum atomic E-state index is -0.107. The van der Waals surface area contributed by atoms with E-state index in [-0.39, 0.29) is 17.8 Å². The predicted molar refractivity (Wildman–Crippen MR) is 85.2 cm³/mol. The third-order valence-electron chi connectivity index (χ3n) is 4.38. The van der Waals surface area contributed by atoms with Crippen LogP contribution in [0, 0.1) is 5.92 Å². The van der Waals surface area contributed by atoms with Crippen molar-refractivity contribution in [3.8, 4) is 0 Å². The number of amides is 1. The Morgan fingerprint density at radius 3 is 2.78 bits per heavy atom. The molecule has 1 amide bonds. The Kier molecular flexibility index (Phi) is 4.73. The zero-order valence-electron chi connectivity index (χ0n) is 13.4. The highest BCUT2D eigenvalue weighted by Gasteiger charge is 2.28. The molecule has 124 valence electrons. The Labute approximate surface area is 135 Å². The van der Waals surface area contributed by atoms with Gasteiger partial charge in [0, 0.05) is 32.3 Å². The van der Waals surface area contributed by atoms with E-state index in [4.69, 9.17) is 4.74 Å². The summed E-state index contributed by atoms with van der Waals surface area (Å²) < 4.78 is 5.09. The van der Waals surface area contributed by atoms with Crippen LogP contribution < -0.4 is 9.80 Å². The van der Waals surface area contributed by atoms with E-state index in [0.29, 0.717) is 24.8 Å². The van der Waals surface area contributed by atoms with Crippen molar-refractivity contribution in [2.45, 2.75) is 32.6 Å². The summed E-state index contributed by atoms with van der Waals surface area (Å²) >= 11 is 0. The summed E-state index contributed by atoms with van der Waals surface area (Å²) in [5, 5.41) is 0. The van der Waals surface area contributed by atoms with E-state index in [1.54, 1.807) is 17.2 Å². The van der Waals surface area contributed by atoms with Gasteiger partial charge in [-0.1, -0.05) is 0 Å². The largest absolute Gasteiger partial charge is 0.466 e. The van der Waals surface area contributed by atoms with Gasteiger partial charge < -0.3 is 9.64 Å². The Bertz CT molecular complexity index is 584. The standard InChI is InChI=1S/C16H22N4O3/c1-2-23-15(22)12-6-10-19(11-7-12)16-17-8-5-13(18-16)20-9-3-4-14(20)21/h5,8,12H,2-4,6-7,9-11H2,1H3. The molecule has 0 unspecified atom stereocenters. The van der Waals surface area contributed by atoms with Crippen LogP contribution in [0.5, 0.6) is 0 Å². The van der Waals surface area contributed by atoms with Crippen molar-refractivity contribution < 1.29 is 14.3 Å². The third kappa shape index (κ3) is 3.43. The van der Waals surface area contributed by atoms with Crippen molar-refractivity contribution in [2.24, 2.45) is 5.92 Å². The van der Waals surface area contributed by atoms with Crippen LogP contribution in [0.15, 0.2) is 12.3 Å². The normalized spacial score (nSPS) is 19.3. The molecule has 1 aromatic rings. The van der Waals surface area contributed by atoms with Crippen molar-refractivity contribution in [3.05, 3.63) is 12.3 Å². The first-order chi connectivity index (χ1) is 11.2. The van der Waals surface area contributed by atoms with Crippen LogP contribution in [0.1, 0.15) is 32.6 Å². The lowest BCUT2D eigenvalue weighted by atomic mass is 9.97. The number of carbonyl (C=O) groups excluding carboxylic acids is 2. The molecule has 0 spiro atoms. The van der Waals surface area contributed by atoms with Crippen LogP contribution >= 0.6 is 0 Å². The molecule has 7 nitrogen and oxygen atoms in total. The van der Waals surface area contributed by atoms with Crippen LogP contribution in [0.2, 0.25) is 0 Å². The van der Waals surface area contributed by atoms with Crippen LogP contribution in [0.25, 0.3) is 0 Å². The summed E-state index contributed by atoms with van der Waals surface area (Å²) in [6.07, 6.45) is 4.65. The number of piperidine rings is 1. The summed E-state index contributed by atoms with van der Waals surface area (Å²) in [6.45, 7) is 4.42. The van der Waals surface area contributed by atoms with Crippen LogP contribution in [0.3, 0.4) is 0 Å². The molecule has 3 rings (SSSR count). The van der Waals surface area contributed by atoms with E-state index < -0.39 is 0 Å². The fourth-order valence-electron chi connectivity index (χ4n) is 3.11. The maximum absolute atomic E-state index is 11.8. The summed E-state index contributed by atoms with van der Waals surface area (Å²) in [7, 11) is 0. The highest BCUT2D eigenvalue weighted by atomic mass is 16.5. The predicted octanol–water partition coefficient (Wildman–Crippen LogP) is 1.38. The van der Waals surface area contributed by atoms with E-state index in [2.05, 4.69) is 14.9 Å². The van der Waals surface area contributed by atoms with Crippen molar-refractivity contribution in [1.82, 2.24) is 9.97 Å². The van der Waals surface area contributed by atoms with Crippen molar-refractivity contribution in [1.29, 1.82) is 0 Å². The Hall–Kier alpha value is -2.18. The second-order valence-electron chi connectivity index (χ2n) is 5.88. The van der Waals surface area contributed by atoms with Gasteiger partial charge >= 0.3 is 5.97 Å². The molecule has 3 heterocycles. The molecular formula is C16H22N4O3. The molecule has 23 heavy (non-hydrogen) atoms. The van der Waals surface area contributed by atoms with Crippen molar-refractivity contribution in [2.75, 3.05) is 36.0 Å². The summed E-state index contributed by atoms with van der Waals surface area (Å²) in [5.41, 5.74) is 0. The maximum atomic E-state index is 11.8. The number of hydrogen-bond donors (Lipinski definition) is 0. The van der Waals surface area contributed by atoms with Gasteiger partial charge in [-0.05, 0) is 32.3 Å². The number of rotatable bonds is 4. The number of ether oxygens (including phenoxy) is 1. The van der Waals surface area contributed by atoms with Gasteiger partial charge in [-0.2, -0.15) is 4.98 Å². The SMILES string of the molecule is CCOC(=O)C1CCN(c2nccc(N3CCCC3=O)n2)CC1. The maximum Gasteiger partial charge on any atom is 0.309 e. The first-order valence-electron chi connectivity index (χ1n) is 8.24. The molecule has 1 aromatic heterocycles. The minimum absolute atomic E-state index is 0.0328. The molecule has 0 radical (unpaired) electrons. The first kappa shape index (κ1) is 15.7. The molecule has 2 aliphatic heterocycles. The third-order valence-corrected chi connectivity index (χ3v) is 4.38. The average molecular weight is 318 g/mol. The van der Waals surface area contributed by atoms with Gasteiger partial charge in [-0.25, -0.2) is 4.98 Å². The zero-order valence-corrected chi connectivity index (χ0v) is 13.4. The quantitative estimate of drug-likeness (QED) is 0.781. The van der Waals surface area contributed by atoms with Crippen LogP contribution in [0.4, 0.5) is 11.8 Å². The first-order valence-corrected chi connectivity index (χ1v) is 8.24. The molecular weight excluding hydrogens is 296 g/mol. The molecule has 2 aliphatic rings. The van der Waals surface area contributed by atoms with Gasteiger partial charge in [-0.15, -0.1) is 0 Å². The zero-order chi connectivity index (χ0) is 16.2. The van der Waals surface area contributed by atoms with Gasteiger partial charge in [0.1, 0.15) is 5.82 Å². The fraction of sp³-hybridized carbons (Fsp3) is 0.625. The number of hydrogen-bond acceptors (Lipinski definition) is 6. The summed E-state index contributed by atoms with van der Waals surface area (Å²) in [6, 6.07) is 1.78. The molecule has 0 atom stereocenters. The number of carbonyl (C=O) groups is 2. The van der Waals surface area contributed by atoms with Gasteiger partial charge in [0.2, 0.25) is 11.9 Å². The summed E-state index contributed by atoms with van der Waals surface area (Å²) in [5.74, 6) is 1.28. The van der Waals surface area contributed by atoms with E-state index in [1.165, 1.54) is 0 Å². The Balaban J connectivity index is 1.64. The lowest BCUT2D eigenvalue weighted by molar-refractivity contribution is -0.148. The minimum Gasteiger partial charge on any atom is -0.466 e. The topological polar surface area (TPSA) is 75.6 Å². The van der Waals surface area contributed by atoms with Crippen molar-refractivity contribution >= 4 is 23.6 Å². The molecule has 0 aromatic carbocycles. The lowest BCUT2D eigenvalue weighted by Gasteiger charge is -2.31. The monoisotopic (exact) mass is 318 g/mol. The second kappa shape index (κ2) is 6.93. The van der Waals surface area contributed by atoms with Gasteiger partial charge in [0.15, 0.2) is 0 Å². The van der Waals surface area contributed by atoms with Crippen LogP contribution in [-0.2, 0) is 14.3 Å². The average Bonchev–Trinajstić information content (AvgIpc) is 3.01. The van der Waals surface area contributed by atoms with Gasteiger partial charge in [0.25, 0.3) is 0 Å². The molecule has 2 saturated heterocycles. The van der Waals surface area contributed by atoms with Gasteiger partial charge in [0.05, 0.1) is 12.5 Å². The Morgan fingerprint density at radius 2 is 2.13 bits per heavy atom. The molecule has 0 aliphatic carbocycles. The number of aromatic nitrogens is 2. The summed E-state index contributed by atoms with van der Waals surface area (Å²) in [4.78, 5) is 36.3. The van der Waals surface area contributed by atoms with Crippen molar-refractivity contribution in [3.63, 3.8) is 0 Å². The van der Waals surface area contributed by atoms with Crippen LogP contribution in [-0.4, -0.2) is 48.1 Å². The lowest BCUT2D eigenvalue weighted by Crippen LogP contribution is -2.38. The van der Waals surface area contributed by atoms with E-state index in [9.17, 15) is 9.59 Å². The molecule has 0 bridgehead atoms. The molecule has 7 heteroatoms. The highest BCUT2D eigenvalue weighted by Crippen LogP contribution is 2.24.